The van der Waals surface area contributed by atoms with Crippen LogP contribution < -0.4 is 10.1 Å². The number of hydrogen-bond acceptors (Lipinski definition) is 5. The summed E-state index contributed by atoms with van der Waals surface area (Å²) in [6.45, 7) is 14.1. The van der Waals surface area contributed by atoms with Crippen LogP contribution in [0.3, 0.4) is 0 Å². The van der Waals surface area contributed by atoms with Crippen LogP contribution in [0.5, 0.6) is 5.75 Å². The lowest BCUT2D eigenvalue weighted by Crippen LogP contribution is -2.74. The lowest BCUT2D eigenvalue weighted by atomic mass is 9.62. The molecule has 2 fully saturated rings. The van der Waals surface area contributed by atoms with E-state index < -0.39 is 38.2 Å². The summed E-state index contributed by atoms with van der Waals surface area (Å²) in [4.78, 5) is 41.9. The number of para-hydroxylation sites is 1. The molecule has 3 amide bonds. The Hall–Kier alpha value is -2.19. The highest BCUT2D eigenvalue weighted by Crippen LogP contribution is 2.48. The molecule has 4 rings (SSSR count). The molecule has 1 radical (unpaired) electrons. The average Bonchev–Trinajstić information content (AvgIpc) is 3.18. The fourth-order valence-corrected chi connectivity index (χ4v) is 7.00. The molecule has 1 aromatic carbocycles. The molecule has 1 spiro atoms. The van der Waals surface area contributed by atoms with Crippen molar-refractivity contribution in [3.05, 3.63) is 29.8 Å². The van der Waals surface area contributed by atoms with Gasteiger partial charge in [-0.2, -0.15) is 0 Å². The van der Waals surface area contributed by atoms with Crippen molar-refractivity contribution in [3.8, 4) is 5.75 Å². The van der Waals surface area contributed by atoms with Gasteiger partial charge in [-0.3, -0.25) is 14.4 Å². The maximum atomic E-state index is 14.0. The molecule has 7 nitrogen and oxygen atoms in total. The van der Waals surface area contributed by atoms with Gasteiger partial charge in [-0.1, -0.05) is 39.8 Å². The number of fused-ring (bicyclic) bond motifs is 1. The SMILES string of the molecule is C[C@@H](C(=O)N1C(=O)c2ccccc2OC12CCCC2)[C@H]1NC(=O)[C@@H]1[C@@](C)(O[Si](C)C)C(C)(C)C. The van der Waals surface area contributed by atoms with Gasteiger partial charge in [-0.05, 0) is 50.4 Å². The molecule has 2 aliphatic heterocycles. The van der Waals surface area contributed by atoms with Gasteiger partial charge in [0.2, 0.25) is 20.9 Å². The molecule has 0 unspecified atom stereocenters. The quantitative estimate of drug-likeness (QED) is 0.500. The second-order valence-corrected chi connectivity index (χ2v) is 13.4. The second-order valence-electron chi connectivity index (χ2n) is 11.4. The van der Waals surface area contributed by atoms with Crippen LogP contribution in [0.1, 0.15) is 70.7 Å². The third-order valence-electron chi connectivity index (χ3n) is 8.01. The van der Waals surface area contributed by atoms with Crippen molar-refractivity contribution in [3.63, 3.8) is 0 Å². The average molecular weight is 486 g/mol. The van der Waals surface area contributed by atoms with Gasteiger partial charge in [-0.25, -0.2) is 4.90 Å². The van der Waals surface area contributed by atoms with Gasteiger partial charge in [-0.15, -0.1) is 0 Å². The molecule has 8 heteroatoms. The first-order valence-electron chi connectivity index (χ1n) is 12.3. The monoisotopic (exact) mass is 485 g/mol. The van der Waals surface area contributed by atoms with Crippen molar-refractivity contribution in [2.75, 3.05) is 0 Å². The first-order chi connectivity index (χ1) is 15.8. The predicted molar refractivity (Wildman–Crippen MR) is 130 cm³/mol. The van der Waals surface area contributed by atoms with Crippen molar-refractivity contribution < 1.29 is 23.5 Å². The Morgan fingerprint density at radius 1 is 1.18 bits per heavy atom. The van der Waals surface area contributed by atoms with Crippen molar-refractivity contribution >= 4 is 26.8 Å². The molecule has 3 aliphatic rings. The Bertz CT molecular complexity index is 997. The molecular formula is C26H37N2O5Si. The number of hydrogen-bond donors (Lipinski definition) is 1. The van der Waals surface area contributed by atoms with Gasteiger partial charge < -0.3 is 14.5 Å². The molecule has 185 valence electrons. The number of nitrogens with one attached hydrogen (secondary N) is 1. The summed E-state index contributed by atoms with van der Waals surface area (Å²) >= 11 is 0. The number of imide groups is 1. The summed E-state index contributed by atoms with van der Waals surface area (Å²) in [6, 6.07) is 6.70. The number of ether oxygens (including phenoxy) is 1. The van der Waals surface area contributed by atoms with Gasteiger partial charge >= 0.3 is 0 Å². The Balaban J connectivity index is 1.67. The van der Waals surface area contributed by atoms with E-state index >= 15 is 0 Å². The molecule has 1 saturated carbocycles. The highest BCUT2D eigenvalue weighted by molar-refractivity contribution is 6.48. The van der Waals surface area contributed by atoms with Crippen LogP contribution in [0.2, 0.25) is 13.1 Å². The zero-order valence-corrected chi connectivity index (χ0v) is 22.4. The summed E-state index contributed by atoms with van der Waals surface area (Å²) in [6.07, 6.45) is 3.02. The van der Waals surface area contributed by atoms with E-state index in [2.05, 4.69) is 39.2 Å². The normalized spacial score (nSPS) is 26.4. The van der Waals surface area contributed by atoms with Gasteiger partial charge in [0, 0.05) is 12.8 Å². The van der Waals surface area contributed by atoms with E-state index in [9.17, 15) is 14.4 Å². The number of rotatable bonds is 5. The van der Waals surface area contributed by atoms with E-state index in [0.717, 1.165) is 12.8 Å². The van der Waals surface area contributed by atoms with E-state index in [-0.39, 0.29) is 23.1 Å². The minimum atomic E-state index is -1.12. The molecule has 1 aromatic rings. The Kier molecular flexibility index (Phi) is 6.22. The highest BCUT2D eigenvalue weighted by Gasteiger charge is 2.61. The van der Waals surface area contributed by atoms with Gasteiger partial charge in [0.1, 0.15) is 5.75 Å². The molecule has 0 aromatic heterocycles. The third-order valence-corrected chi connectivity index (χ3v) is 8.84. The molecule has 1 saturated heterocycles. The number of amides is 3. The fourth-order valence-electron chi connectivity index (χ4n) is 5.72. The fraction of sp³-hybridized carbons (Fsp3) is 0.654. The van der Waals surface area contributed by atoms with Crippen LogP contribution in [0.25, 0.3) is 0 Å². The van der Waals surface area contributed by atoms with Crippen molar-refractivity contribution in [1.29, 1.82) is 0 Å². The summed E-state index contributed by atoms with van der Waals surface area (Å²) in [5.74, 6) is -1.27. The van der Waals surface area contributed by atoms with E-state index in [1.165, 1.54) is 4.90 Å². The molecule has 4 atom stereocenters. The molecule has 1 aliphatic carbocycles. The topological polar surface area (TPSA) is 84.9 Å². The Morgan fingerprint density at radius 2 is 1.79 bits per heavy atom. The van der Waals surface area contributed by atoms with Crippen molar-refractivity contribution in [2.45, 2.75) is 90.8 Å². The largest absolute Gasteiger partial charge is 0.467 e. The predicted octanol–water partition coefficient (Wildman–Crippen LogP) is 4.14. The Labute approximate surface area is 204 Å². The standard InChI is InChI=1S/C26H37N2O5Si/c1-16(20-19(21(29)27-20)25(5,24(2,3)4)33-34(6)7)22(30)28-23(31)17-12-8-9-13-18(17)32-26(28)14-10-11-15-26/h8-9,12-13,16,19-20H,10-11,14-15H2,1-7H3,(H,27,29)/t16-,19-,20-,25-/m1/s1. The maximum Gasteiger partial charge on any atom is 0.267 e. The molecule has 2 heterocycles. The number of benzene rings is 1. The van der Waals surface area contributed by atoms with Crippen LogP contribution in [0, 0.1) is 17.3 Å². The lowest BCUT2D eigenvalue weighted by molar-refractivity contribution is -0.169. The van der Waals surface area contributed by atoms with Crippen LogP contribution in [0.15, 0.2) is 24.3 Å². The number of nitrogens with zero attached hydrogens (tertiary/aromatic N) is 1. The second kappa shape index (κ2) is 8.48. The number of carbonyl (C=O) groups is 3. The van der Waals surface area contributed by atoms with E-state index in [1.54, 1.807) is 18.2 Å². The summed E-state index contributed by atoms with van der Waals surface area (Å²) in [5, 5.41) is 2.97. The highest BCUT2D eigenvalue weighted by atomic mass is 28.3. The van der Waals surface area contributed by atoms with Gasteiger partial charge in [0.05, 0.1) is 29.0 Å². The minimum Gasteiger partial charge on any atom is -0.467 e. The summed E-state index contributed by atoms with van der Waals surface area (Å²) in [5.41, 5.74) is -1.62. The first kappa shape index (κ1) is 24.9. The van der Waals surface area contributed by atoms with Crippen molar-refractivity contribution in [1.82, 2.24) is 10.2 Å². The van der Waals surface area contributed by atoms with E-state index in [0.29, 0.717) is 24.2 Å². The zero-order valence-electron chi connectivity index (χ0n) is 21.4. The van der Waals surface area contributed by atoms with Crippen LogP contribution in [-0.4, -0.2) is 49.0 Å². The number of carbonyl (C=O) groups excluding carboxylic acids is 3. The third kappa shape index (κ3) is 3.79. The smallest absolute Gasteiger partial charge is 0.267 e. The number of β-lactam (4-membered cyclic amide) rings is 1. The van der Waals surface area contributed by atoms with Crippen LogP contribution in [-0.2, 0) is 14.0 Å². The summed E-state index contributed by atoms with van der Waals surface area (Å²) < 4.78 is 12.8. The van der Waals surface area contributed by atoms with Gasteiger partial charge in [0.15, 0.2) is 5.72 Å². The zero-order chi connectivity index (χ0) is 25.1. The minimum absolute atomic E-state index is 0.104. The van der Waals surface area contributed by atoms with Crippen LogP contribution >= 0.6 is 0 Å². The molecular weight excluding hydrogens is 448 g/mol. The maximum absolute atomic E-state index is 14.0. The molecule has 34 heavy (non-hydrogen) atoms. The molecule has 1 N–H and O–H groups in total. The van der Waals surface area contributed by atoms with E-state index in [1.807, 2.05) is 19.9 Å². The van der Waals surface area contributed by atoms with Crippen LogP contribution in [0.4, 0.5) is 0 Å². The summed E-state index contributed by atoms with van der Waals surface area (Å²) in [7, 11) is -1.12. The van der Waals surface area contributed by atoms with Gasteiger partial charge in [0.25, 0.3) is 5.91 Å². The first-order valence-corrected chi connectivity index (χ1v) is 14.7. The lowest BCUT2D eigenvalue weighted by Gasteiger charge is -2.56. The Morgan fingerprint density at radius 3 is 2.35 bits per heavy atom. The van der Waals surface area contributed by atoms with Crippen molar-refractivity contribution in [2.24, 2.45) is 17.3 Å². The molecule has 0 bridgehead atoms. The van der Waals surface area contributed by atoms with E-state index in [4.69, 9.17) is 9.16 Å².